The maximum Gasteiger partial charge on any atom is 0.261 e. The van der Waals surface area contributed by atoms with Crippen LogP contribution >= 0.6 is 0 Å². The predicted molar refractivity (Wildman–Crippen MR) is 115 cm³/mol. The number of ether oxygens (including phenoxy) is 1. The van der Waals surface area contributed by atoms with Crippen molar-refractivity contribution in [3.8, 4) is 22.6 Å². The Morgan fingerprint density at radius 2 is 1.87 bits per heavy atom. The molecule has 5 nitrogen and oxygen atoms in total. The number of nitrogens with zero attached hydrogens (tertiary/aromatic N) is 3. The number of fused-ring (bicyclic) bond motifs is 1. The Morgan fingerprint density at radius 1 is 1.06 bits per heavy atom. The van der Waals surface area contributed by atoms with Gasteiger partial charge >= 0.3 is 0 Å². The largest absolute Gasteiger partial charge is 0.454 e. The van der Waals surface area contributed by atoms with Crippen LogP contribution < -0.4 is 10.3 Å². The van der Waals surface area contributed by atoms with Gasteiger partial charge in [0.25, 0.3) is 5.56 Å². The molecule has 4 aromatic rings. The van der Waals surface area contributed by atoms with Crippen molar-refractivity contribution in [2.75, 3.05) is 0 Å². The van der Waals surface area contributed by atoms with E-state index in [0.29, 0.717) is 27.8 Å². The molecule has 2 heterocycles. The monoisotopic (exact) mass is 421 g/mol. The van der Waals surface area contributed by atoms with Crippen LogP contribution in [0.25, 0.3) is 22.0 Å². The highest BCUT2D eigenvalue weighted by Crippen LogP contribution is 2.37. The lowest BCUT2D eigenvalue weighted by atomic mass is 9.99. The lowest BCUT2D eigenvalue weighted by molar-refractivity contribution is 0.439. The summed E-state index contributed by atoms with van der Waals surface area (Å²) in [5.41, 5.74) is 2.68. The van der Waals surface area contributed by atoms with E-state index in [2.05, 4.69) is 16.9 Å². The van der Waals surface area contributed by atoms with Crippen molar-refractivity contribution in [2.24, 2.45) is 7.05 Å². The minimum Gasteiger partial charge on any atom is -0.454 e. The van der Waals surface area contributed by atoms with E-state index in [1.54, 1.807) is 19.3 Å². The Kier molecular flexibility index (Phi) is 5.75. The third-order valence-electron chi connectivity index (χ3n) is 5.11. The van der Waals surface area contributed by atoms with Gasteiger partial charge in [0, 0.05) is 36.6 Å². The van der Waals surface area contributed by atoms with Crippen LogP contribution in [0.15, 0.2) is 59.9 Å². The molecule has 0 N–H and O–H groups in total. The first-order valence-electron chi connectivity index (χ1n) is 10.0. The van der Waals surface area contributed by atoms with E-state index in [0.717, 1.165) is 37.0 Å². The van der Waals surface area contributed by atoms with Gasteiger partial charge in [0.15, 0.2) is 11.6 Å². The number of rotatable bonds is 6. The molecule has 0 radical (unpaired) electrons. The number of hydrogen-bond acceptors (Lipinski definition) is 4. The van der Waals surface area contributed by atoms with Crippen molar-refractivity contribution in [2.45, 2.75) is 26.2 Å². The molecule has 4 rings (SSSR count). The lowest BCUT2D eigenvalue weighted by Gasteiger charge is -2.16. The predicted octanol–water partition coefficient (Wildman–Crippen LogP) is 5.41. The molecule has 0 spiro atoms. The van der Waals surface area contributed by atoms with Gasteiger partial charge in [0.2, 0.25) is 0 Å². The molecule has 0 unspecified atom stereocenters. The van der Waals surface area contributed by atoms with Gasteiger partial charge in [0.1, 0.15) is 17.9 Å². The molecule has 0 aliphatic carbocycles. The Morgan fingerprint density at radius 3 is 2.65 bits per heavy atom. The van der Waals surface area contributed by atoms with Crippen LogP contribution in [-0.4, -0.2) is 14.5 Å². The number of benzene rings is 2. The summed E-state index contributed by atoms with van der Waals surface area (Å²) >= 11 is 0. The molecule has 2 aromatic carbocycles. The fraction of sp³-hybridized carbons (Fsp3) is 0.208. The van der Waals surface area contributed by atoms with Crippen LogP contribution in [0.5, 0.6) is 11.5 Å². The molecule has 158 valence electrons. The van der Waals surface area contributed by atoms with E-state index in [4.69, 9.17) is 4.74 Å². The molecule has 0 aliphatic heterocycles. The zero-order valence-corrected chi connectivity index (χ0v) is 17.2. The van der Waals surface area contributed by atoms with Crippen LogP contribution in [0.2, 0.25) is 0 Å². The van der Waals surface area contributed by atoms with Crippen LogP contribution in [0, 0.1) is 11.6 Å². The molecular weight excluding hydrogens is 400 g/mol. The highest BCUT2D eigenvalue weighted by molar-refractivity contribution is 5.94. The summed E-state index contributed by atoms with van der Waals surface area (Å²) in [4.78, 5) is 20.8. The average molecular weight is 421 g/mol. The number of hydrogen-bond donors (Lipinski definition) is 0. The topological polar surface area (TPSA) is 57.0 Å². The molecule has 0 aliphatic rings. The normalized spacial score (nSPS) is 11.1. The average Bonchev–Trinajstić information content (AvgIpc) is 2.77. The van der Waals surface area contributed by atoms with Crippen LogP contribution in [0.1, 0.15) is 25.3 Å². The molecule has 7 heteroatoms. The molecular formula is C24H21F2N3O2. The molecule has 0 fully saturated rings. The maximum atomic E-state index is 14.3. The van der Waals surface area contributed by atoms with Crippen molar-refractivity contribution < 1.29 is 13.5 Å². The second-order valence-corrected chi connectivity index (χ2v) is 7.35. The first-order chi connectivity index (χ1) is 15.0. The van der Waals surface area contributed by atoms with E-state index in [-0.39, 0.29) is 11.3 Å². The second-order valence-electron chi connectivity index (χ2n) is 7.35. The molecule has 0 bridgehead atoms. The molecule has 2 aromatic heterocycles. The fourth-order valence-electron chi connectivity index (χ4n) is 3.49. The van der Waals surface area contributed by atoms with Gasteiger partial charge < -0.3 is 9.30 Å². The van der Waals surface area contributed by atoms with Gasteiger partial charge in [-0.25, -0.2) is 18.7 Å². The van der Waals surface area contributed by atoms with E-state index in [1.807, 2.05) is 12.1 Å². The van der Waals surface area contributed by atoms with Crippen LogP contribution in [0.4, 0.5) is 8.78 Å². The summed E-state index contributed by atoms with van der Waals surface area (Å²) in [6.07, 6.45) is 7.48. The number of pyridine rings is 1. The Labute approximate surface area is 178 Å². The van der Waals surface area contributed by atoms with Crippen molar-refractivity contribution in [1.82, 2.24) is 14.5 Å². The summed E-state index contributed by atoms with van der Waals surface area (Å²) in [7, 11) is 1.65. The van der Waals surface area contributed by atoms with Gasteiger partial charge in [-0.1, -0.05) is 19.4 Å². The van der Waals surface area contributed by atoms with E-state index in [1.165, 1.54) is 23.2 Å². The zero-order chi connectivity index (χ0) is 22.0. The van der Waals surface area contributed by atoms with Crippen molar-refractivity contribution >= 4 is 10.9 Å². The highest BCUT2D eigenvalue weighted by atomic mass is 19.1. The van der Waals surface area contributed by atoms with E-state index in [9.17, 15) is 13.6 Å². The van der Waals surface area contributed by atoms with E-state index >= 15 is 0 Å². The standard InChI is InChI=1S/C24H21F2N3O2/c1-3-4-5-15-6-8-21(31-22-9-7-16(25)11-20(22)26)17(10-15)19-13-29(2)24(30)18-12-27-14-28-23(18)19/h6-14H,3-5H2,1-2H3. The van der Waals surface area contributed by atoms with Crippen molar-refractivity contribution in [1.29, 1.82) is 0 Å². The first-order valence-corrected chi connectivity index (χ1v) is 10.0. The summed E-state index contributed by atoms with van der Waals surface area (Å²) in [5, 5.41) is 0.375. The second kappa shape index (κ2) is 8.63. The maximum absolute atomic E-state index is 14.3. The number of aryl methyl sites for hydroxylation is 2. The quantitative estimate of drug-likeness (QED) is 0.418. The van der Waals surface area contributed by atoms with Gasteiger partial charge in [-0.05, 0) is 42.7 Å². The van der Waals surface area contributed by atoms with E-state index < -0.39 is 11.6 Å². The third-order valence-corrected chi connectivity index (χ3v) is 5.11. The van der Waals surface area contributed by atoms with Crippen LogP contribution in [0.3, 0.4) is 0 Å². The Balaban J connectivity index is 1.92. The Bertz CT molecular complexity index is 1320. The van der Waals surface area contributed by atoms with Gasteiger partial charge in [0.05, 0.1) is 10.9 Å². The minimum absolute atomic E-state index is 0.0901. The highest BCUT2D eigenvalue weighted by Gasteiger charge is 2.17. The number of halogens is 2. The minimum atomic E-state index is -0.798. The molecule has 0 amide bonds. The molecule has 0 saturated carbocycles. The Hall–Kier alpha value is -3.61. The molecule has 0 atom stereocenters. The number of aromatic nitrogens is 3. The molecule has 31 heavy (non-hydrogen) atoms. The summed E-state index contributed by atoms with van der Waals surface area (Å²) in [5.74, 6) is -1.19. The first kappa shape index (κ1) is 20.7. The third kappa shape index (κ3) is 4.17. The molecule has 0 saturated heterocycles. The summed E-state index contributed by atoms with van der Waals surface area (Å²) < 4.78 is 34.9. The van der Waals surface area contributed by atoms with Gasteiger partial charge in [-0.2, -0.15) is 0 Å². The van der Waals surface area contributed by atoms with Crippen LogP contribution in [-0.2, 0) is 13.5 Å². The van der Waals surface area contributed by atoms with Gasteiger partial charge in [-0.15, -0.1) is 0 Å². The SMILES string of the molecule is CCCCc1ccc(Oc2ccc(F)cc2F)c(-c2cn(C)c(=O)c3cncnc23)c1. The van der Waals surface area contributed by atoms with Crippen molar-refractivity contribution in [3.05, 3.63) is 82.7 Å². The summed E-state index contributed by atoms with van der Waals surface area (Å²) in [6.45, 7) is 2.12. The smallest absolute Gasteiger partial charge is 0.261 e. The van der Waals surface area contributed by atoms with Gasteiger partial charge in [-0.3, -0.25) is 4.79 Å². The zero-order valence-electron chi connectivity index (χ0n) is 17.2. The summed E-state index contributed by atoms with van der Waals surface area (Å²) in [6, 6.07) is 8.83. The number of unbranched alkanes of at least 4 members (excludes halogenated alkanes) is 1. The van der Waals surface area contributed by atoms with Crippen molar-refractivity contribution in [3.63, 3.8) is 0 Å². The fourth-order valence-corrected chi connectivity index (χ4v) is 3.49. The lowest BCUT2D eigenvalue weighted by Crippen LogP contribution is -2.17.